The molecule has 22 heavy (non-hydrogen) atoms. The standard InChI is InChI=1S/C15H20N4O2S/c20-22(21,17-12-14-6-2-1-3-7-14)19-11-4-8-15(19)13-18-10-5-9-16-18/h1-3,5-7,9-10,15,17H,4,8,11-13H2/t15-/m0/s1. The Balaban J connectivity index is 1.65. The lowest BCUT2D eigenvalue weighted by Crippen LogP contribution is -2.44. The van der Waals surface area contributed by atoms with E-state index in [1.807, 2.05) is 42.6 Å². The molecule has 0 spiro atoms. The Labute approximate surface area is 130 Å². The monoisotopic (exact) mass is 320 g/mol. The predicted molar refractivity (Wildman–Crippen MR) is 84.2 cm³/mol. The first-order valence-corrected chi connectivity index (χ1v) is 8.87. The second-order valence-corrected chi connectivity index (χ2v) is 7.15. The summed E-state index contributed by atoms with van der Waals surface area (Å²) >= 11 is 0. The summed E-state index contributed by atoms with van der Waals surface area (Å²) in [5.74, 6) is 0. The largest absolute Gasteiger partial charge is 0.280 e. The van der Waals surface area contributed by atoms with E-state index in [2.05, 4.69) is 9.82 Å². The van der Waals surface area contributed by atoms with Gasteiger partial charge >= 0.3 is 0 Å². The van der Waals surface area contributed by atoms with Crippen LogP contribution in [0.15, 0.2) is 48.8 Å². The van der Waals surface area contributed by atoms with Gasteiger partial charge in [0.15, 0.2) is 0 Å². The molecule has 1 aliphatic heterocycles. The highest BCUT2D eigenvalue weighted by molar-refractivity contribution is 7.87. The van der Waals surface area contributed by atoms with Crippen LogP contribution in [0.5, 0.6) is 0 Å². The maximum absolute atomic E-state index is 12.5. The Hall–Kier alpha value is -1.70. The number of aromatic nitrogens is 2. The highest BCUT2D eigenvalue weighted by Crippen LogP contribution is 2.21. The molecule has 1 aliphatic rings. The summed E-state index contributed by atoms with van der Waals surface area (Å²) in [6.07, 6.45) is 5.33. The van der Waals surface area contributed by atoms with Gasteiger partial charge in [0.25, 0.3) is 10.2 Å². The van der Waals surface area contributed by atoms with Crippen LogP contribution in [0.3, 0.4) is 0 Å². The van der Waals surface area contributed by atoms with E-state index in [4.69, 9.17) is 0 Å². The number of hydrogen-bond donors (Lipinski definition) is 1. The molecule has 118 valence electrons. The first-order valence-electron chi connectivity index (χ1n) is 7.43. The quantitative estimate of drug-likeness (QED) is 0.874. The maximum atomic E-state index is 12.5. The number of benzene rings is 1. The molecular formula is C15H20N4O2S. The summed E-state index contributed by atoms with van der Waals surface area (Å²) < 4.78 is 31.1. The fraction of sp³-hybridized carbons (Fsp3) is 0.400. The minimum atomic E-state index is -3.47. The summed E-state index contributed by atoms with van der Waals surface area (Å²) in [6, 6.07) is 11.4. The molecule has 0 aliphatic carbocycles. The van der Waals surface area contributed by atoms with Gasteiger partial charge in [-0.1, -0.05) is 30.3 Å². The van der Waals surface area contributed by atoms with E-state index in [0.717, 1.165) is 18.4 Å². The van der Waals surface area contributed by atoms with Gasteiger partial charge in [-0.25, -0.2) is 0 Å². The van der Waals surface area contributed by atoms with Crippen LogP contribution in [-0.2, 0) is 23.3 Å². The third kappa shape index (κ3) is 3.55. The molecular weight excluding hydrogens is 300 g/mol. The minimum Gasteiger partial charge on any atom is -0.271 e. The molecule has 1 fully saturated rings. The zero-order valence-corrected chi connectivity index (χ0v) is 13.1. The Morgan fingerprint density at radius 1 is 1.23 bits per heavy atom. The average Bonchev–Trinajstić information content (AvgIpc) is 3.19. The summed E-state index contributed by atoms with van der Waals surface area (Å²) in [5.41, 5.74) is 0.953. The summed E-state index contributed by atoms with van der Waals surface area (Å²) in [7, 11) is -3.47. The molecule has 0 saturated carbocycles. The molecule has 1 N–H and O–H groups in total. The molecule has 7 heteroatoms. The lowest BCUT2D eigenvalue weighted by atomic mass is 10.2. The first-order chi connectivity index (χ1) is 10.6. The Morgan fingerprint density at radius 2 is 2.05 bits per heavy atom. The average molecular weight is 320 g/mol. The van der Waals surface area contributed by atoms with Crippen molar-refractivity contribution in [2.45, 2.75) is 32.0 Å². The molecule has 0 radical (unpaired) electrons. The summed E-state index contributed by atoms with van der Waals surface area (Å²) in [6.45, 7) is 1.48. The van der Waals surface area contributed by atoms with Crippen LogP contribution in [0.25, 0.3) is 0 Å². The second-order valence-electron chi connectivity index (χ2n) is 5.45. The van der Waals surface area contributed by atoms with Crippen LogP contribution in [0, 0.1) is 0 Å². The Kier molecular flexibility index (Phi) is 4.56. The Bertz CT molecular complexity index is 686. The van der Waals surface area contributed by atoms with Gasteiger partial charge in [0, 0.05) is 31.5 Å². The van der Waals surface area contributed by atoms with Gasteiger partial charge in [-0.15, -0.1) is 0 Å². The molecule has 1 saturated heterocycles. The summed E-state index contributed by atoms with van der Waals surface area (Å²) in [4.78, 5) is 0. The van der Waals surface area contributed by atoms with Crippen molar-refractivity contribution in [3.05, 3.63) is 54.4 Å². The fourth-order valence-corrected chi connectivity index (χ4v) is 4.23. The van der Waals surface area contributed by atoms with Crippen molar-refractivity contribution in [3.63, 3.8) is 0 Å². The molecule has 1 aromatic carbocycles. The van der Waals surface area contributed by atoms with Crippen molar-refractivity contribution in [1.82, 2.24) is 18.8 Å². The van der Waals surface area contributed by atoms with Crippen molar-refractivity contribution >= 4 is 10.2 Å². The molecule has 1 atom stereocenters. The highest BCUT2D eigenvalue weighted by Gasteiger charge is 2.34. The number of hydrogen-bond acceptors (Lipinski definition) is 3. The van der Waals surface area contributed by atoms with Crippen LogP contribution >= 0.6 is 0 Å². The van der Waals surface area contributed by atoms with Gasteiger partial charge in [0.2, 0.25) is 0 Å². The van der Waals surface area contributed by atoms with Crippen LogP contribution < -0.4 is 4.72 Å². The lowest BCUT2D eigenvalue weighted by Gasteiger charge is -2.24. The second kappa shape index (κ2) is 6.60. The van der Waals surface area contributed by atoms with Crippen LogP contribution in [0.1, 0.15) is 18.4 Å². The normalized spacial score (nSPS) is 19.5. The molecule has 0 unspecified atom stereocenters. The minimum absolute atomic E-state index is 0.0341. The van der Waals surface area contributed by atoms with Crippen molar-refractivity contribution < 1.29 is 8.42 Å². The Morgan fingerprint density at radius 3 is 2.77 bits per heavy atom. The molecule has 1 aromatic heterocycles. The molecule has 3 rings (SSSR count). The van der Waals surface area contributed by atoms with Gasteiger partial charge < -0.3 is 0 Å². The first kappa shape index (κ1) is 15.2. The van der Waals surface area contributed by atoms with Crippen LogP contribution in [0.4, 0.5) is 0 Å². The fourth-order valence-electron chi connectivity index (χ4n) is 2.79. The lowest BCUT2D eigenvalue weighted by molar-refractivity contribution is 0.336. The number of nitrogens with zero attached hydrogens (tertiary/aromatic N) is 3. The number of nitrogens with one attached hydrogen (secondary N) is 1. The highest BCUT2D eigenvalue weighted by atomic mass is 32.2. The van der Waals surface area contributed by atoms with Gasteiger partial charge in [-0.2, -0.15) is 22.5 Å². The van der Waals surface area contributed by atoms with E-state index >= 15 is 0 Å². The predicted octanol–water partition coefficient (Wildman–Crippen LogP) is 1.38. The third-order valence-corrected chi connectivity index (χ3v) is 5.50. The zero-order chi connectivity index (χ0) is 15.4. The zero-order valence-electron chi connectivity index (χ0n) is 12.3. The SMILES string of the molecule is O=S(=O)(NCc1ccccc1)N1CCC[C@H]1Cn1cccn1. The van der Waals surface area contributed by atoms with Crippen molar-refractivity contribution in [2.75, 3.05) is 6.54 Å². The molecule has 0 bridgehead atoms. The van der Waals surface area contributed by atoms with Crippen molar-refractivity contribution in [3.8, 4) is 0 Å². The van der Waals surface area contributed by atoms with Crippen molar-refractivity contribution in [1.29, 1.82) is 0 Å². The molecule has 2 heterocycles. The molecule has 2 aromatic rings. The van der Waals surface area contributed by atoms with E-state index in [-0.39, 0.29) is 6.04 Å². The van der Waals surface area contributed by atoms with Gasteiger partial charge in [0.05, 0.1) is 6.54 Å². The van der Waals surface area contributed by atoms with E-state index in [1.165, 1.54) is 0 Å². The van der Waals surface area contributed by atoms with Crippen molar-refractivity contribution in [2.24, 2.45) is 0 Å². The van der Waals surface area contributed by atoms with Gasteiger partial charge in [0.1, 0.15) is 0 Å². The van der Waals surface area contributed by atoms with E-state index in [1.54, 1.807) is 15.2 Å². The van der Waals surface area contributed by atoms with Crippen LogP contribution in [0.2, 0.25) is 0 Å². The maximum Gasteiger partial charge on any atom is 0.280 e. The van der Waals surface area contributed by atoms with E-state index < -0.39 is 10.2 Å². The molecule has 6 nitrogen and oxygen atoms in total. The summed E-state index contributed by atoms with van der Waals surface area (Å²) in [5, 5.41) is 4.16. The number of rotatable bonds is 6. The van der Waals surface area contributed by atoms with Gasteiger partial charge in [-0.05, 0) is 24.5 Å². The molecule has 0 amide bonds. The van der Waals surface area contributed by atoms with E-state index in [9.17, 15) is 8.42 Å². The van der Waals surface area contributed by atoms with Gasteiger partial charge in [-0.3, -0.25) is 4.68 Å². The van der Waals surface area contributed by atoms with Crippen LogP contribution in [-0.4, -0.2) is 35.1 Å². The topological polar surface area (TPSA) is 67.2 Å². The third-order valence-electron chi connectivity index (χ3n) is 3.89. The van der Waals surface area contributed by atoms with E-state index in [0.29, 0.717) is 19.6 Å². The smallest absolute Gasteiger partial charge is 0.271 e.